The smallest absolute Gasteiger partial charge is 0.310 e. The van der Waals surface area contributed by atoms with E-state index in [0.29, 0.717) is 13.2 Å². The maximum absolute atomic E-state index is 11.7. The van der Waals surface area contributed by atoms with Crippen LogP contribution in [0.2, 0.25) is 0 Å². The van der Waals surface area contributed by atoms with Gasteiger partial charge in [0.1, 0.15) is 0 Å². The number of aryl methyl sites for hydroxylation is 2. The monoisotopic (exact) mass is 506 g/mol. The van der Waals surface area contributed by atoms with Gasteiger partial charge in [0.2, 0.25) is 0 Å². The van der Waals surface area contributed by atoms with Gasteiger partial charge < -0.3 is 15.0 Å². The minimum atomic E-state index is -0.250. The van der Waals surface area contributed by atoms with Gasteiger partial charge in [-0.2, -0.15) is 5.10 Å². The van der Waals surface area contributed by atoms with Gasteiger partial charge in [0.05, 0.1) is 25.3 Å². The third-order valence-corrected chi connectivity index (χ3v) is 5.36. The van der Waals surface area contributed by atoms with Crippen LogP contribution in [-0.2, 0) is 22.5 Å². The molecule has 8 nitrogen and oxygen atoms in total. The van der Waals surface area contributed by atoms with E-state index in [-0.39, 0.29) is 23.9 Å². The van der Waals surface area contributed by atoms with E-state index in [1.807, 2.05) is 76.5 Å². The first-order valence-electron chi connectivity index (χ1n) is 12.5. The van der Waals surface area contributed by atoms with Crippen molar-refractivity contribution in [1.82, 2.24) is 20.0 Å². The van der Waals surface area contributed by atoms with Crippen LogP contribution in [-0.4, -0.2) is 60.3 Å². The number of benzene rings is 2. The van der Waals surface area contributed by atoms with Crippen LogP contribution in [0.1, 0.15) is 46.1 Å². The maximum atomic E-state index is 11.7. The molecule has 1 aromatic heterocycles. The second kappa shape index (κ2) is 15.4. The van der Waals surface area contributed by atoms with Crippen molar-refractivity contribution in [3.05, 3.63) is 99.0 Å². The molecule has 198 valence electrons. The van der Waals surface area contributed by atoms with Crippen molar-refractivity contribution in [2.75, 3.05) is 33.8 Å². The first kappa shape index (κ1) is 29.5. The van der Waals surface area contributed by atoms with E-state index in [1.54, 1.807) is 13.0 Å². The van der Waals surface area contributed by atoms with Gasteiger partial charge >= 0.3 is 5.97 Å². The lowest BCUT2D eigenvalue weighted by molar-refractivity contribution is -0.142. The van der Waals surface area contributed by atoms with Crippen LogP contribution in [0.4, 0.5) is 0 Å². The van der Waals surface area contributed by atoms with E-state index >= 15 is 0 Å². The van der Waals surface area contributed by atoms with Gasteiger partial charge in [-0.3, -0.25) is 14.4 Å². The van der Waals surface area contributed by atoms with Gasteiger partial charge in [-0.25, -0.2) is 4.68 Å². The number of aromatic nitrogens is 2. The molecule has 1 N–H and O–H groups in total. The third-order valence-electron chi connectivity index (χ3n) is 5.36. The topological polar surface area (TPSA) is 93.5 Å². The molecule has 0 unspecified atom stereocenters. The Hall–Kier alpha value is -3.78. The third kappa shape index (κ3) is 11.2. The van der Waals surface area contributed by atoms with Crippen molar-refractivity contribution >= 4 is 11.9 Å². The quantitative estimate of drug-likeness (QED) is 0.335. The number of nitrogens with one attached hydrogen (secondary N) is 1. The normalized spacial score (nSPS) is 10.4. The standard InChI is InChI=1S/C16H18N2O3.C13H20N2O/c1-3-21-16(20)10-13-5-4-6-14(9-13)11-18-15(19)8-7-12(2)17-18;1-11-5-7-12(8-6-11)13(16)14-9-4-10-15(2)3/h4-9H,3,10-11H2,1-2H3;5-8H,4,9-10H2,1-3H3,(H,14,16). The van der Waals surface area contributed by atoms with Gasteiger partial charge in [0, 0.05) is 18.2 Å². The summed E-state index contributed by atoms with van der Waals surface area (Å²) in [5.74, 6) is -0.237. The highest BCUT2D eigenvalue weighted by Crippen LogP contribution is 2.08. The van der Waals surface area contributed by atoms with Gasteiger partial charge in [0.25, 0.3) is 11.5 Å². The molecule has 0 spiro atoms. The molecule has 0 radical (unpaired) electrons. The SMILES string of the molecule is CCOC(=O)Cc1cccc(Cn2nc(C)ccc2=O)c1.Cc1ccc(C(=O)NCCCN(C)C)cc1. The average molecular weight is 507 g/mol. The summed E-state index contributed by atoms with van der Waals surface area (Å²) in [5, 5.41) is 7.11. The Morgan fingerprint density at radius 3 is 2.38 bits per heavy atom. The minimum Gasteiger partial charge on any atom is -0.466 e. The fourth-order valence-electron chi connectivity index (χ4n) is 3.46. The predicted octanol–water partition coefficient (Wildman–Crippen LogP) is 3.38. The molecule has 3 rings (SSSR count). The summed E-state index contributed by atoms with van der Waals surface area (Å²) >= 11 is 0. The number of hydrogen-bond acceptors (Lipinski definition) is 6. The molecule has 0 fully saturated rings. The molecule has 0 atom stereocenters. The number of hydrogen-bond donors (Lipinski definition) is 1. The number of ether oxygens (including phenoxy) is 1. The summed E-state index contributed by atoms with van der Waals surface area (Å²) < 4.78 is 6.35. The Balaban J connectivity index is 0.000000271. The molecular formula is C29H38N4O4. The number of amides is 1. The lowest BCUT2D eigenvalue weighted by atomic mass is 10.1. The summed E-state index contributed by atoms with van der Waals surface area (Å²) in [6, 6.07) is 18.4. The van der Waals surface area contributed by atoms with E-state index in [2.05, 4.69) is 15.3 Å². The Labute approximate surface area is 219 Å². The van der Waals surface area contributed by atoms with Crippen molar-refractivity contribution in [1.29, 1.82) is 0 Å². The Morgan fingerprint density at radius 2 is 1.70 bits per heavy atom. The van der Waals surface area contributed by atoms with E-state index < -0.39 is 0 Å². The second-order valence-corrected chi connectivity index (χ2v) is 9.05. The zero-order valence-corrected chi connectivity index (χ0v) is 22.5. The molecular weight excluding hydrogens is 468 g/mol. The van der Waals surface area contributed by atoms with Crippen LogP contribution in [0.3, 0.4) is 0 Å². The second-order valence-electron chi connectivity index (χ2n) is 9.05. The number of carbonyl (C=O) groups is 2. The summed E-state index contributed by atoms with van der Waals surface area (Å²) in [7, 11) is 4.06. The molecule has 0 saturated carbocycles. The summed E-state index contributed by atoms with van der Waals surface area (Å²) in [6.45, 7) is 8.12. The first-order chi connectivity index (χ1) is 17.7. The highest BCUT2D eigenvalue weighted by Gasteiger charge is 2.06. The fraction of sp³-hybridized carbons (Fsp3) is 0.379. The number of nitrogens with zero attached hydrogens (tertiary/aromatic N) is 3. The Bertz CT molecular complexity index is 1200. The number of esters is 1. The maximum Gasteiger partial charge on any atom is 0.310 e. The van der Waals surface area contributed by atoms with Crippen LogP contribution in [0.15, 0.2) is 65.5 Å². The van der Waals surface area contributed by atoms with E-state index in [4.69, 9.17) is 4.74 Å². The number of carbonyl (C=O) groups excluding carboxylic acids is 2. The molecule has 37 heavy (non-hydrogen) atoms. The van der Waals surface area contributed by atoms with Crippen molar-refractivity contribution in [2.45, 2.75) is 40.2 Å². The molecule has 0 aliphatic carbocycles. The molecule has 0 saturated heterocycles. The summed E-state index contributed by atoms with van der Waals surface area (Å²) in [6.07, 6.45) is 1.21. The van der Waals surface area contributed by atoms with Gasteiger partial charge in [0.15, 0.2) is 0 Å². The molecule has 3 aromatic rings. The Kier molecular flexibility index (Phi) is 12.2. The largest absolute Gasteiger partial charge is 0.466 e. The number of rotatable bonds is 10. The van der Waals surface area contributed by atoms with Crippen LogP contribution in [0.25, 0.3) is 0 Å². The lowest BCUT2D eigenvalue weighted by Gasteiger charge is -2.09. The molecule has 0 aliphatic heterocycles. The average Bonchev–Trinajstić information content (AvgIpc) is 2.85. The highest BCUT2D eigenvalue weighted by atomic mass is 16.5. The zero-order chi connectivity index (χ0) is 27.2. The van der Waals surface area contributed by atoms with Gasteiger partial charge in [-0.05, 0) is 77.2 Å². The molecule has 2 aromatic carbocycles. The first-order valence-corrected chi connectivity index (χ1v) is 12.5. The zero-order valence-electron chi connectivity index (χ0n) is 22.5. The summed E-state index contributed by atoms with van der Waals surface area (Å²) in [4.78, 5) is 37.0. The van der Waals surface area contributed by atoms with Crippen molar-refractivity contribution in [2.24, 2.45) is 0 Å². The van der Waals surface area contributed by atoms with Crippen LogP contribution < -0.4 is 10.9 Å². The van der Waals surface area contributed by atoms with Crippen molar-refractivity contribution in [3.8, 4) is 0 Å². The molecule has 1 amide bonds. The van der Waals surface area contributed by atoms with Gasteiger partial charge in [-0.1, -0.05) is 42.0 Å². The van der Waals surface area contributed by atoms with Crippen LogP contribution in [0.5, 0.6) is 0 Å². The molecule has 8 heteroatoms. The van der Waals surface area contributed by atoms with Crippen LogP contribution >= 0.6 is 0 Å². The predicted molar refractivity (Wildman–Crippen MR) is 146 cm³/mol. The highest BCUT2D eigenvalue weighted by molar-refractivity contribution is 5.94. The lowest BCUT2D eigenvalue weighted by Crippen LogP contribution is -2.27. The molecule has 1 heterocycles. The van der Waals surface area contributed by atoms with Crippen molar-refractivity contribution < 1.29 is 14.3 Å². The van der Waals surface area contributed by atoms with Gasteiger partial charge in [-0.15, -0.1) is 0 Å². The van der Waals surface area contributed by atoms with E-state index in [0.717, 1.165) is 41.9 Å². The molecule has 0 aliphatic rings. The fourth-order valence-corrected chi connectivity index (χ4v) is 3.46. The molecule has 0 bridgehead atoms. The Morgan fingerprint density at radius 1 is 1.00 bits per heavy atom. The van der Waals surface area contributed by atoms with Crippen molar-refractivity contribution in [3.63, 3.8) is 0 Å². The van der Waals surface area contributed by atoms with E-state index in [9.17, 15) is 14.4 Å². The van der Waals surface area contributed by atoms with Crippen LogP contribution in [0, 0.1) is 13.8 Å². The summed E-state index contributed by atoms with van der Waals surface area (Å²) in [5.41, 5.74) is 4.34. The minimum absolute atomic E-state index is 0.0127. The van der Waals surface area contributed by atoms with E-state index in [1.165, 1.54) is 16.3 Å².